The van der Waals surface area contributed by atoms with Gasteiger partial charge in [0.25, 0.3) is 0 Å². The largest absolute Gasteiger partial charge is 0.342 e. The van der Waals surface area contributed by atoms with Gasteiger partial charge in [-0.25, -0.2) is 0 Å². The molecule has 1 aromatic carbocycles. The standard InChI is InChI=1S/C20H22N4OS2/c25-19(23-11-5-2-6-12-23)15-27-20-22-21-18(14-17-10-7-13-26-17)24(20)16-8-3-1-4-9-16/h1,3-4,7-10,13H,2,5-6,11-12,14-15H2. The van der Waals surface area contributed by atoms with Crippen molar-refractivity contribution in [3.63, 3.8) is 0 Å². The van der Waals surface area contributed by atoms with Crippen LogP contribution in [0, 0.1) is 0 Å². The van der Waals surface area contributed by atoms with E-state index in [1.165, 1.54) is 23.1 Å². The number of hydrogen-bond donors (Lipinski definition) is 0. The second-order valence-electron chi connectivity index (χ2n) is 6.56. The number of rotatable bonds is 6. The number of carbonyl (C=O) groups excluding carboxylic acids is 1. The molecule has 7 heteroatoms. The van der Waals surface area contributed by atoms with Gasteiger partial charge in [0, 0.05) is 30.1 Å². The summed E-state index contributed by atoms with van der Waals surface area (Å²) >= 11 is 3.20. The molecule has 2 aromatic heterocycles. The van der Waals surface area contributed by atoms with Gasteiger partial charge in [0.2, 0.25) is 5.91 Å². The molecule has 0 bridgehead atoms. The van der Waals surface area contributed by atoms with Gasteiger partial charge in [-0.2, -0.15) is 0 Å². The number of thioether (sulfide) groups is 1. The maximum absolute atomic E-state index is 12.5. The molecule has 0 radical (unpaired) electrons. The third-order valence-electron chi connectivity index (χ3n) is 4.66. The molecule has 0 saturated carbocycles. The van der Waals surface area contributed by atoms with Crippen LogP contribution in [0.5, 0.6) is 0 Å². The average molecular weight is 399 g/mol. The molecule has 1 aliphatic heterocycles. The Kier molecular flexibility index (Phi) is 5.89. The molecule has 0 aliphatic carbocycles. The van der Waals surface area contributed by atoms with Crippen molar-refractivity contribution >= 4 is 29.0 Å². The van der Waals surface area contributed by atoms with Crippen molar-refractivity contribution in [1.82, 2.24) is 19.7 Å². The van der Waals surface area contributed by atoms with Crippen LogP contribution < -0.4 is 0 Å². The molecule has 0 N–H and O–H groups in total. The van der Waals surface area contributed by atoms with E-state index in [-0.39, 0.29) is 5.91 Å². The first-order valence-corrected chi connectivity index (χ1v) is 11.1. The van der Waals surface area contributed by atoms with Crippen molar-refractivity contribution in [2.24, 2.45) is 0 Å². The number of likely N-dealkylation sites (tertiary alicyclic amines) is 1. The Bertz CT molecular complexity index is 871. The summed E-state index contributed by atoms with van der Waals surface area (Å²) in [5, 5.41) is 11.7. The lowest BCUT2D eigenvalue weighted by Gasteiger charge is -2.26. The van der Waals surface area contributed by atoms with Crippen LogP contribution in [0.25, 0.3) is 5.69 Å². The summed E-state index contributed by atoms with van der Waals surface area (Å²) in [5.41, 5.74) is 1.03. The Labute approximate surface area is 167 Å². The van der Waals surface area contributed by atoms with E-state index in [4.69, 9.17) is 0 Å². The SMILES string of the molecule is O=C(CSc1nnc(Cc2cccs2)n1-c1ccccc1)N1CCCCC1. The van der Waals surface area contributed by atoms with Crippen LogP contribution in [0.2, 0.25) is 0 Å². The number of thiophene rings is 1. The first kappa shape index (κ1) is 18.3. The van der Waals surface area contributed by atoms with E-state index in [0.717, 1.165) is 49.0 Å². The molecule has 27 heavy (non-hydrogen) atoms. The van der Waals surface area contributed by atoms with Crippen molar-refractivity contribution in [3.8, 4) is 5.69 Å². The molecular weight excluding hydrogens is 376 g/mol. The van der Waals surface area contributed by atoms with Gasteiger partial charge in [0.15, 0.2) is 5.16 Å². The number of amides is 1. The van der Waals surface area contributed by atoms with Gasteiger partial charge in [-0.1, -0.05) is 36.0 Å². The minimum Gasteiger partial charge on any atom is -0.342 e. The van der Waals surface area contributed by atoms with E-state index in [1.807, 2.05) is 23.1 Å². The third-order valence-corrected chi connectivity index (χ3v) is 6.45. The molecule has 1 aliphatic rings. The van der Waals surface area contributed by atoms with Gasteiger partial charge >= 0.3 is 0 Å². The Morgan fingerprint density at radius 2 is 1.85 bits per heavy atom. The zero-order chi connectivity index (χ0) is 18.5. The van der Waals surface area contributed by atoms with Crippen molar-refractivity contribution in [2.45, 2.75) is 30.8 Å². The van der Waals surface area contributed by atoms with Gasteiger partial charge in [0.05, 0.1) is 5.75 Å². The fourth-order valence-electron chi connectivity index (χ4n) is 3.27. The summed E-state index contributed by atoms with van der Waals surface area (Å²) in [7, 11) is 0. The molecule has 5 nitrogen and oxygen atoms in total. The molecule has 140 valence electrons. The Balaban J connectivity index is 1.54. The highest BCUT2D eigenvalue weighted by Crippen LogP contribution is 2.25. The zero-order valence-electron chi connectivity index (χ0n) is 15.1. The van der Waals surface area contributed by atoms with Crippen LogP contribution in [0.3, 0.4) is 0 Å². The number of benzene rings is 1. The van der Waals surface area contributed by atoms with Crippen molar-refractivity contribution < 1.29 is 4.79 Å². The van der Waals surface area contributed by atoms with Crippen LogP contribution in [-0.4, -0.2) is 44.4 Å². The maximum Gasteiger partial charge on any atom is 0.233 e. The number of piperidine rings is 1. The Morgan fingerprint density at radius 3 is 2.59 bits per heavy atom. The van der Waals surface area contributed by atoms with E-state index in [1.54, 1.807) is 11.3 Å². The topological polar surface area (TPSA) is 51.0 Å². The highest BCUT2D eigenvalue weighted by molar-refractivity contribution is 7.99. The summed E-state index contributed by atoms with van der Waals surface area (Å²) in [4.78, 5) is 15.8. The minimum atomic E-state index is 0.196. The zero-order valence-corrected chi connectivity index (χ0v) is 16.7. The molecule has 1 amide bonds. The van der Waals surface area contributed by atoms with E-state index in [0.29, 0.717) is 5.75 Å². The lowest BCUT2D eigenvalue weighted by atomic mass is 10.1. The number of hydrogen-bond acceptors (Lipinski definition) is 5. The fraction of sp³-hybridized carbons (Fsp3) is 0.350. The van der Waals surface area contributed by atoms with Gasteiger partial charge in [0.1, 0.15) is 5.82 Å². The van der Waals surface area contributed by atoms with Gasteiger partial charge < -0.3 is 4.90 Å². The third kappa shape index (κ3) is 4.42. The minimum absolute atomic E-state index is 0.196. The Morgan fingerprint density at radius 1 is 1.04 bits per heavy atom. The lowest BCUT2D eigenvalue weighted by molar-refractivity contribution is -0.129. The number of para-hydroxylation sites is 1. The molecule has 4 rings (SSSR count). The quantitative estimate of drug-likeness (QED) is 0.589. The normalized spacial score (nSPS) is 14.4. The molecule has 3 heterocycles. The van der Waals surface area contributed by atoms with Gasteiger partial charge in [-0.3, -0.25) is 9.36 Å². The number of aromatic nitrogens is 3. The van der Waals surface area contributed by atoms with Gasteiger partial charge in [-0.05, 0) is 42.8 Å². The fourth-order valence-corrected chi connectivity index (χ4v) is 4.85. The van der Waals surface area contributed by atoms with Crippen molar-refractivity contribution in [2.75, 3.05) is 18.8 Å². The maximum atomic E-state index is 12.5. The monoisotopic (exact) mass is 398 g/mol. The van der Waals surface area contributed by atoms with Crippen molar-refractivity contribution in [3.05, 3.63) is 58.5 Å². The highest BCUT2D eigenvalue weighted by Gasteiger charge is 2.20. The summed E-state index contributed by atoms with van der Waals surface area (Å²) in [6.45, 7) is 1.77. The summed E-state index contributed by atoms with van der Waals surface area (Å²) < 4.78 is 2.08. The molecule has 0 unspecified atom stereocenters. The highest BCUT2D eigenvalue weighted by atomic mass is 32.2. The van der Waals surface area contributed by atoms with E-state index >= 15 is 0 Å². The first-order valence-electron chi connectivity index (χ1n) is 9.24. The molecule has 1 saturated heterocycles. The summed E-state index contributed by atoms with van der Waals surface area (Å²) in [5.74, 6) is 1.50. The van der Waals surface area contributed by atoms with Crippen LogP contribution in [0.1, 0.15) is 30.0 Å². The molecule has 3 aromatic rings. The number of carbonyl (C=O) groups is 1. The molecule has 1 fully saturated rings. The summed E-state index contributed by atoms with van der Waals surface area (Å²) in [6, 6.07) is 14.3. The molecular formula is C20H22N4OS2. The predicted molar refractivity (Wildman–Crippen MR) is 110 cm³/mol. The molecule has 0 atom stereocenters. The number of nitrogens with zero attached hydrogens (tertiary/aromatic N) is 4. The van der Waals surface area contributed by atoms with Crippen LogP contribution in [0.15, 0.2) is 53.0 Å². The van der Waals surface area contributed by atoms with E-state index in [2.05, 4.69) is 44.4 Å². The second-order valence-corrected chi connectivity index (χ2v) is 8.53. The van der Waals surface area contributed by atoms with E-state index in [9.17, 15) is 4.79 Å². The van der Waals surface area contributed by atoms with Crippen molar-refractivity contribution in [1.29, 1.82) is 0 Å². The smallest absolute Gasteiger partial charge is 0.233 e. The Hall–Kier alpha value is -2.12. The average Bonchev–Trinajstić information content (AvgIpc) is 3.38. The summed E-state index contributed by atoms with van der Waals surface area (Å²) in [6.07, 6.45) is 4.19. The second kappa shape index (κ2) is 8.71. The lowest BCUT2D eigenvalue weighted by Crippen LogP contribution is -2.36. The molecule has 0 spiro atoms. The van der Waals surface area contributed by atoms with Crippen LogP contribution in [0.4, 0.5) is 0 Å². The van der Waals surface area contributed by atoms with E-state index < -0.39 is 0 Å². The van der Waals surface area contributed by atoms with Crippen LogP contribution >= 0.6 is 23.1 Å². The first-order chi connectivity index (χ1) is 13.3. The predicted octanol–water partition coefficient (Wildman–Crippen LogP) is 4.02. The van der Waals surface area contributed by atoms with Gasteiger partial charge in [-0.15, -0.1) is 21.5 Å². The van der Waals surface area contributed by atoms with Crippen LogP contribution in [-0.2, 0) is 11.2 Å².